The molecule has 7 nitrogen and oxygen atoms in total. The Bertz CT molecular complexity index is 593. The quantitative estimate of drug-likeness (QED) is 0.558. The molecule has 0 aliphatic heterocycles. The Labute approximate surface area is 96.2 Å². The number of fused-ring (bicyclic) bond motifs is 1. The number of nitrogens with two attached hydrogens (primary N) is 1. The molecule has 0 saturated heterocycles. The van der Waals surface area contributed by atoms with E-state index in [4.69, 9.17) is 5.73 Å². The second-order valence-corrected chi connectivity index (χ2v) is 3.94. The van der Waals surface area contributed by atoms with Crippen LogP contribution in [0.2, 0.25) is 0 Å². The van der Waals surface area contributed by atoms with Crippen LogP contribution in [-0.2, 0) is 0 Å². The SMILES string of the molecule is Nc1ncnc2c1cnn2[C@H]1C=C[C@H](O)[C@@H]1O. The lowest BCUT2D eigenvalue weighted by Gasteiger charge is -2.17. The topological polar surface area (TPSA) is 110 Å². The van der Waals surface area contributed by atoms with Gasteiger partial charge in [0.25, 0.3) is 0 Å². The number of rotatable bonds is 1. The van der Waals surface area contributed by atoms with Crippen LogP contribution in [0.25, 0.3) is 11.0 Å². The van der Waals surface area contributed by atoms with Crippen LogP contribution in [0.5, 0.6) is 0 Å². The number of anilines is 1. The van der Waals surface area contributed by atoms with Crippen molar-refractivity contribution in [1.82, 2.24) is 19.7 Å². The molecule has 0 fully saturated rings. The van der Waals surface area contributed by atoms with Gasteiger partial charge in [-0.2, -0.15) is 5.10 Å². The maximum Gasteiger partial charge on any atom is 0.163 e. The highest BCUT2D eigenvalue weighted by Crippen LogP contribution is 2.27. The molecule has 0 unspecified atom stereocenters. The minimum absolute atomic E-state index is 0.346. The van der Waals surface area contributed by atoms with Crippen molar-refractivity contribution < 1.29 is 10.2 Å². The van der Waals surface area contributed by atoms with Gasteiger partial charge in [-0.05, 0) is 0 Å². The molecular weight excluding hydrogens is 222 g/mol. The molecule has 0 amide bonds. The molecule has 1 aliphatic carbocycles. The molecule has 0 saturated carbocycles. The molecule has 0 spiro atoms. The zero-order valence-electron chi connectivity index (χ0n) is 8.80. The molecule has 7 heteroatoms. The summed E-state index contributed by atoms with van der Waals surface area (Å²) < 4.78 is 1.53. The third-order valence-corrected chi connectivity index (χ3v) is 2.91. The van der Waals surface area contributed by atoms with E-state index in [1.165, 1.54) is 17.1 Å². The highest BCUT2D eigenvalue weighted by molar-refractivity contribution is 5.84. The first-order chi connectivity index (χ1) is 8.18. The largest absolute Gasteiger partial charge is 0.387 e. The average molecular weight is 233 g/mol. The minimum atomic E-state index is -0.922. The lowest BCUT2D eigenvalue weighted by atomic mass is 10.2. The van der Waals surface area contributed by atoms with Gasteiger partial charge in [0.15, 0.2) is 5.65 Å². The molecule has 88 valence electrons. The Morgan fingerprint density at radius 2 is 2.06 bits per heavy atom. The third-order valence-electron chi connectivity index (χ3n) is 2.91. The molecule has 2 aromatic heterocycles. The Morgan fingerprint density at radius 3 is 2.76 bits per heavy atom. The molecule has 3 atom stereocenters. The van der Waals surface area contributed by atoms with Crippen LogP contribution in [0.4, 0.5) is 5.82 Å². The first kappa shape index (κ1) is 10.2. The molecule has 2 heterocycles. The van der Waals surface area contributed by atoms with Crippen LogP contribution in [0.3, 0.4) is 0 Å². The average Bonchev–Trinajstić information content (AvgIpc) is 2.86. The summed E-state index contributed by atoms with van der Waals surface area (Å²) in [6.07, 6.45) is 4.33. The Kier molecular flexibility index (Phi) is 2.10. The highest BCUT2D eigenvalue weighted by Gasteiger charge is 2.31. The van der Waals surface area contributed by atoms with Crippen molar-refractivity contribution >= 4 is 16.9 Å². The van der Waals surface area contributed by atoms with E-state index in [1.807, 2.05) is 0 Å². The summed E-state index contributed by atoms with van der Waals surface area (Å²) in [5, 5.41) is 24.0. The van der Waals surface area contributed by atoms with E-state index in [0.717, 1.165) is 0 Å². The summed E-state index contributed by atoms with van der Waals surface area (Å²) in [5.41, 5.74) is 6.24. The summed E-state index contributed by atoms with van der Waals surface area (Å²) in [5.74, 6) is 0.346. The van der Waals surface area contributed by atoms with Gasteiger partial charge >= 0.3 is 0 Å². The zero-order valence-corrected chi connectivity index (χ0v) is 8.80. The van der Waals surface area contributed by atoms with Gasteiger partial charge in [-0.25, -0.2) is 14.6 Å². The molecule has 4 N–H and O–H groups in total. The number of aliphatic hydroxyl groups is 2. The van der Waals surface area contributed by atoms with E-state index in [9.17, 15) is 10.2 Å². The molecule has 3 rings (SSSR count). The summed E-state index contributed by atoms with van der Waals surface area (Å²) >= 11 is 0. The Hall–Kier alpha value is -1.99. The van der Waals surface area contributed by atoms with Crippen molar-refractivity contribution in [2.75, 3.05) is 5.73 Å². The fraction of sp³-hybridized carbons (Fsp3) is 0.300. The zero-order chi connectivity index (χ0) is 12.0. The van der Waals surface area contributed by atoms with Crippen molar-refractivity contribution in [2.45, 2.75) is 18.2 Å². The van der Waals surface area contributed by atoms with Crippen molar-refractivity contribution in [1.29, 1.82) is 0 Å². The normalized spacial score (nSPS) is 28.0. The highest BCUT2D eigenvalue weighted by atomic mass is 16.3. The standard InChI is InChI=1S/C10H11N5O2/c11-9-5-3-14-15(10(5)13-4-12-9)6-1-2-7(16)8(6)17/h1-4,6-8,16-17H,(H2,11,12,13)/t6-,7-,8+/m0/s1. The van der Waals surface area contributed by atoms with Crippen LogP contribution in [-0.4, -0.2) is 42.2 Å². The predicted octanol–water partition coefficient (Wildman–Crippen LogP) is -0.759. The van der Waals surface area contributed by atoms with Crippen LogP contribution >= 0.6 is 0 Å². The summed E-state index contributed by atoms with van der Waals surface area (Å²) in [6.45, 7) is 0. The summed E-state index contributed by atoms with van der Waals surface area (Å²) in [7, 11) is 0. The van der Waals surface area contributed by atoms with Gasteiger partial charge in [-0.3, -0.25) is 0 Å². The molecule has 0 aromatic carbocycles. The van der Waals surface area contributed by atoms with E-state index in [-0.39, 0.29) is 0 Å². The molecule has 1 aliphatic rings. The van der Waals surface area contributed by atoms with Crippen molar-refractivity contribution in [3.8, 4) is 0 Å². The number of aromatic nitrogens is 4. The van der Waals surface area contributed by atoms with E-state index in [0.29, 0.717) is 16.9 Å². The second kappa shape index (κ2) is 3.51. The van der Waals surface area contributed by atoms with Gasteiger partial charge in [0.2, 0.25) is 0 Å². The van der Waals surface area contributed by atoms with Gasteiger partial charge < -0.3 is 15.9 Å². The first-order valence-electron chi connectivity index (χ1n) is 5.16. The van der Waals surface area contributed by atoms with Gasteiger partial charge in [0.1, 0.15) is 30.4 Å². The van der Waals surface area contributed by atoms with E-state index < -0.39 is 18.2 Å². The summed E-state index contributed by atoms with van der Waals surface area (Å²) in [4.78, 5) is 7.95. The van der Waals surface area contributed by atoms with Crippen molar-refractivity contribution in [3.63, 3.8) is 0 Å². The Morgan fingerprint density at radius 1 is 1.24 bits per heavy atom. The van der Waals surface area contributed by atoms with Crippen LogP contribution in [0.1, 0.15) is 6.04 Å². The van der Waals surface area contributed by atoms with Crippen molar-refractivity contribution in [2.24, 2.45) is 0 Å². The summed E-state index contributed by atoms with van der Waals surface area (Å²) in [6, 6.07) is -0.434. The number of hydrogen-bond acceptors (Lipinski definition) is 6. The van der Waals surface area contributed by atoms with E-state index >= 15 is 0 Å². The van der Waals surface area contributed by atoms with Crippen LogP contribution in [0.15, 0.2) is 24.7 Å². The smallest absolute Gasteiger partial charge is 0.163 e. The number of nitrogen functional groups attached to an aromatic ring is 1. The molecular formula is C10H11N5O2. The van der Waals surface area contributed by atoms with Gasteiger partial charge in [0, 0.05) is 0 Å². The fourth-order valence-corrected chi connectivity index (χ4v) is 1.98. The molecule has 2 aromatic rings. The first-order valence-corrected chi connectivity index (χ1v) is 5.16. The van der Waals surface area contributed by atoms with Gasteiger partial charge in [-0.15, -0.1) is 0 Å². The number of nitrogens with zero attached hydrogens (tertiary/aromatic N) is 4. The fourth-order valence-electron chi connectivity index (χ4n) is 1.98. The maximum atomic E-state index is 9.81. The third kappa shape index (κ3) is 1.40. The lowest BCUT2D eigenvalue weighted by Crippen LogP contribution is -2.28. The maximum absolute atomic E-state index is 9.81. The van der Waals surface area contributed by atoms with Crippen molar-refractivity contribution in [3.05, 3.63) is 24.7 Å². The van der Waals surface area contributed by atoms with Gasteiger partial charge in [-0.1, -0.05) is 12.2 Å². The van der Waals surface area contributed by atoms with E-state index in [2.05, 4.69) is 15.1 Å². The van der Waals surface area contributed by atoms with Crippen LogP contribution in [0, 0.1) is 0 Å². The molecule has 0 radical (unpaired) electrons. The monoisotopic (exact) mass is 233 g/mol. The molecule has 0 bridgehead atoms. The Balaban J connectivity index is 2.13. The minimum Gasteiger partial charge on any atom is -0.387 e. The predicted molar refractivity (Wildman–Crippen MR) is 59.9 cm³/mol. The van der Waals surface area contributed by atoms with E-state index in [1.54, 1.807) is 12.3 Å². The van der Waals surface area contributed by atoms with Crippen LogP contribution < -0.4 is 5.73 Å². The van der Waals surface area contributed by atoms with Gasteiger partial charge in [0.05, 0.1) is 11.6 Å². The second-order valence-electron chi connectivity index (χ2n) is 3.94. The molecule has 17 heavy (non-hydrogen) atoms. The lowest BCUT2D eigenvalue weighted by molar-refractivity contribution is 0.0350. The number of aliphatic hydroxyl groups excluding tert-OH is 2. The number of hydrogen-bond donors (Lipinski definition) is 3.